The third-order valence-electron chi connectivity index (χ3n) is 3.85. The lowest BCUT2D eigenvalue weighted by Crippen LogP contribution is -2.25. The van der Waals surface area contributed by atoms with Gasteiger partial charge in [-0.25, -0.2) is 9.78 Å². The van der Waals surface area contributed by atoms with Crippen LogP contribution >= 0.6 is 0 Å². The van der Waals surface area contributed by atoms with Crippen LogP contribution in [-0.2, 0) is 4.74 Å². The Kier molecular flexibility index (Phi) is 4.47. The maximum absolute atomic E-state index is 12.0. The fourth-order valence-electron chi connectivity index (χ4n) is 2.61. The molecule has 0 aromatic carbocycles. The maximum Gasteiger partial charge on any atom is 0.341 e. The van der Waals surface area contributed by atoms with Crippen LogP contribution in [0.25, 0.3) is 0 Å². The first-order valence-corrected chi connectivity index (χ1v) is 7.20. The molecule has 1 unspecified atom stereocenters. The molecule has 1 aliphatic rings. The molecule has 2 rings (SSSR count). The van der Waals surface area contributed by atoms with Gasteiger partial charge in [-0.15, -0.1) is 0 Å². The lowest BCUT2D eigenvalue weighted by atomic mass is 9.95. The Morgan fingerprint density at radius 1 is 1.60 bits per heavy atom. The van der Waals surface area contributed by atoms with E-state index < -0.39 is 0 Å². The van der Waals surface area contributed by atoms with Crippen LogP contribution in [0.15, 0.2) is 12.3 Å². The van der Waals surface area contributed by atoms with Gasteiger partial charge < -0.3 is 15.4 Å². The van der Waals surface area contributed by atoms with Gasteiger partial charge in [0.05, 0.1) is 18.5 Å². The Hall–Kier alpha value is -1.78. The van der Waals surface area contributed by atoms with Gasteiger partial charge in [0.1, 0.15) is 11.4 Å². The summed E-state index contributed by atoms with van der Waals surface area (Å²) < 4.78 is 5.10. The van der Waals surface area contributed by atoms with Crippen LogP contribution in [0.1, 0.15) is 37.6 Å². The monoisotopic (exact) mass is 277 g/mol. The third kappa shape index (κ3) is 3.03. The standard InChI is InChI=1S/C15H23N3O2/c1-4-20-15(19)13-7-12(16)8-17-14(13)18-6-5-11(9-18)10(2)3/h7-8,10-11H,4-6,9,16H2,1-3H3. The number of nitrogens with zero attached hydrogens (tertiary/aromatic N) is 2. The fourth-order valence-corrected chi connectivity index (χ4v) is 2.61. The van der Waals surface area contributed by atoms with Crippen LogP contribution in [0.4, 0.5) is 11.5 Å². The molecular formula is C15H23N3O2. The van der Waals surface area contributed by atoms with E-state index >= 15 is 0 Å². The van der Waals surface area contributed by atoms with E-state index in [9.17, 15) is 4.79 Å². The predicted molar refractivity (Wildman–Crippen MR) is 79.8 cm³/mol. The molecule has 0 bridgehead atoms. The Balaban J connectivity index is 2.25. The Morgan fingerprint density at radius 3 is 2.95 bits per heavy atom. The topological polar surface area (TPSA) is 68.5 Å². The summed E-state index contributed by atoms with van der Waals surface area (Å²) in [5.74, 6) is 1.63. The highest BCUT2D eigenvalue weighted by molar-refractivity contribution is 5.95. The number of carbonyl (C=O) groups excluding carboxylic acids is 1. The zero-order chi connectivity index (χ0) is 14.7. The highest BCUT2D eigenvalue weighted by atomic mass is 16.5. The molecule has 1 saturated heterocycles. The summed E-state index contributed by atoms with van der Waals surface area (Å²) in [5.41, 5.74) is 6.70. The van der Waals surface area contributed by atoms with E-state index in [0.29, 0.717) is 35.5 Å². The quantitative estimate of drug-likeness (QED) is 0.855. The van der Waals surface area contributed by atoms with E-state index in [1.54, 1.807) is 19.2 Å². The average molecular weight is 277 g/mol. The molecule has 110 valence electrons. The van der Waals surface area contributed by atoms with E-state index in [-0.39, 0.29) is 5.97 Å². The molecular weight excluding hydrogens is 254 g/mol. The number of esters is 1. The van der Waals surface area contributed by atoms with Gasteiger partial charge in [0.15, 0.2) is 0 Å². The lowest BCUT2D eigenvalue weighted by molar-refractivity contribution is 0.0526. The first-order chi connectivity index (χ1) is 9.52. The van der Waals surface area contributed by atoms with Crippen LogP contribution in [0.5, 0.6) is 0 Å². The molecule has 2 N–H and O–H groups in total. The largest absolute Gasteiger partial charge is 0.462 e. The van der Waals surface area contributed by atoms with Crippen molar-refractivity contribution >= 4 is 17.5 Å². The van der Waals surface area contributed by atoms with Crippen LogP contribution in [-0.4, -0.2) is 30.6 Å². The molecule has 1 atom stereocenters. The second kappa shape index (κ2) is 6.11. The van der Waals surface area contributed by atoms with E-state index in [2.05, 4.69) is 23.7 Å². The van der Waals surface area contributed by atoms with Crippen molar-refractivity contribution in [1.82, 2.24) is 4.98 Å². The fraction of sp³-hybridized carbons (Fsp3) is 0.600. The van der Waals surface area contributed by atoms with Crippen molar-refractivity contribution in [3.8, 4) is 0 Å². The predicted octanol–water partition coefficient (Wildman–Crippen LogP) is 2.32. The van der Waals surface area contributed by atoms with E-state index in [1.165, 1.54) is 0 Å². The molecule has 0 saturated carbocycles. The van der Waals surface area contributed by atoms with E-state index in [0.717, 1.165) is 19.5 Å². The summed E-state index contributed by atoms with van der Waals surface area (Å²) in [6.45, 7) is 8.46. The molecule has 5 nitrogen and oxygen atoms in total. The van der Waals surface area contributed by atoms with Gasteiger partial charge in [-0.2, -0.15) is 0 Å². The number of nitrogen functional groups attached to an aromatic ring is 1. The second-order valence-electron chi connectivity index (χ2n) is 5.60. The lowest BCUT2D eigenvalue weighted by Gasteiger charge is -2.21. The van der Waals surface area contributed by atoms with Gasteiger partial charge in [-0.3, -0.25) is 0 Å². The summed E-state index contributed by atoms with van der Waals surface area (Å²) in [7, 11) is 0. The molecule has 0 radical (unpaired) electrons. The average Bonchev–Trinajstić information content (AvgIpc) is 2.88. The van der Waals surface area contributed by atoms with Gasteiger partial charge in [0.25, 0.3) is 0 Å². The van der Waals surface area contributed by atoms with Crippen molar-refractivity contribution in [3.63, 3.8) is 0 Å². The molecule has 1 fully saturated rings. The normalized spacial score (nSPS) is 18.6. The number of hydrogen-bond donors (Lipinski definition) is 1. The zero-order valence-corrected chi connectivity index (χ0v) is 12.4. The summed E-state index contributed by atoms with van der Waals surface area (Å²) in [5, 5.41) is 0. The van der Waals surface area contributed by atoms with Gasteiger partial charge in [0, 0.05) is 13.1 Å². The van der Waals surface area contributed by atoms with Crippen LogP contribution < -0.4 is 10.6 Å². The smallest absolute Gasteiger partial charge is 0.341 e. The van der Waals surface area contributed by atoms with Crippen molar-refractivity contribution in [2.45, 2.75) is 27.2 Å². The molecule has 0 spiro atoms. The van der Waals surface area contributed by atoms with E-state index in [1.807, 2.05) is 0 Å². The third-order valence-corrected chi connectivity index (χ3v) is 3.85. The number of pyridine rings is 1. The summed E-state index contributed by atoms with van der Waals surface area (Å²) in [6.07, 6.45) is 2.73. The van der Waals surface area contributed by atoms with Gasteiger partial charge in [-0.1, -0.05) is 13.8 Å². The number of carbonyl (C=O) groups is 1. The minimum absolute atomic E-state index is 0.349. The minimum atomic E-state index is -0.352. The van der Waals surface area contributed by atoms with Crippen LogP contribution in [0.3, 0.4) is 0 Å². The van der Waals surface area contributed by atoms with Gasteiger partial charge in [-0.05, 0) is 31.2 Å². The highest BCUT2D eigenvalue weighted by Crippen LogP contribution is 2.30. The van der Waals surface area contributed by atoms with Crippen molar-refractivity contribution in [2.75, 3.05) is 30.3 Å². The summed E-state index contributed by atoms with van der Waals surface area (Å²) in [4.78, 5) is 18.6. The number of anilines is 2. The van der Waals surface area contributed by atoms with Gasteiger partial charge >= 0.3 is 5.97 Å². The van der Waals surface area contributed by atoms with Crippen molar-refractivity contribution in [2.24, 2.45) is 11.8 Å². The minimum Gasteiger partial charge on any atom is -0.462 e. The number of nitrogens with two attached hydrogens (primary N) is 1. The number of hydrogen-bond acceptors (Lipinski definition) is 5. The Labute approximate surface area is 120 Å². The van der Waals surface area contributed by atoms with Crippen molar-refractivity contribution < 1.29 is 9.53 Å². The number of rotatable bonds is 4. The zero-order valence-electron chi connectivity index (χ0n) is 12.4. The molecule has 1 aliphatic heterocycles. The summed E-state index contributed by atoms with van der Waals surface area (Å²) in [6, 6.07) is 1.66. The molecule has 5 heteroatoms. The van der Waals surface area contributed by atoms with Gasteiger partial charge in [0.2, 0.25) is 0 Å². The Morgan fingerprint density at radius 2 is 2.35 bits per heavy atom. The SMILES string of the molecule is CCOC(=O)c1cc(N)cnc1N1CCC(C(C)C)C1. The van der Waals surface area contributed by atoms with Crippen molar-refractivity contribution in [3.05, 3.63) is 17.8 Å². The first kappa shape index (κ1) is 14.6. The molecule has 0 aliphatic carbocycles. The Bertz CT molecular complexity index is 488. The highest BCUT2D eigenvalue weighted by Gasteiger charge is 2.28. The first-order valence-electron chi connectivity index (χ1n) is 7.20. The second-order valence-corrected chi connectivity index (χ2v) is 5.60. The molecule has 1 aromatic rings. The number of aromatic nitrogens is 1. The maximum atomic E-state index is 12.0. The van der Waals surface area contributed by atoms with Crippen LogP contribution in [0, 0.1) is 11.8 Å². The van der Waals surface area contributed by atoms with Crippen molar-refractivity contribution in [1.29, 1.82) is 0 Å². The molecule has 20 heavy (non-hydrogen) atoms. The summed E-state index contributed by atoms with van der Waals surface area (Å²) >= 11 is 0. The van der Waals surface area contributed by atoms with E-state index in [4.69, 9.17) is 10.5 Å². The molecule has 2 heterocycles. The molecule has 0 amide bonds. The van der Waals surface area contributed by atoms with Crippen LogP contribution in [0.2, 0.25) is 0 Å². The number of ether oxygens (including phenoxy) is 1. The molecule has 1 aromatic heterocycles.